The summed E-state index contributed by atoms with van der Waals surface area (Å²) in [6.45, 7) is 4.92. The maximum absolute atomic E-state index is 12.5. The molecule has 0 radical (unpaired) electrons. The summed E-state index contributed by atoms with van der Waals surface area (Å²) in [4.78, 5) is 1.78. The number of hydrogen-bond donors (Lipinski definition) is 0. The van der Waals surface area contributed by atoms with Gasteiger partial charge in [0.15, 0.2) is 0 Å². The molecule has 0 atom stereocenters. The van der Waals surface area contributed by atoms with Gasteiger partial charge in [0.25, 0.3) is 0 Å². The first-order chi connectivity index (χ1) is 9.63. The van der Waals surface area contributed by atoms with E-state index in [1.54, 1.807) is 18.7 Å². The minimum atomic E-state index is -3.17. The molecule has 0 bridgehead atoms. The average molecular weight is 296 g/mol. The zero-order valence-electron chi connectivity index (χ0n) is 12.0. The van der Waals surface area contributed by atoms with E-state index in [1.807, 2.05) is 30.3 Å². The first kappa shape index (κ1) is 16.9. The molecule has 5 nitrogen and oxygen atoms in total. The molecule has 0 aliphatic heterocycles. The second kappa shape index (κ2) is 8.89. The highest BCUT2D eigenvalue weighted by Gasteiger charge is 2.27. The molecule has 0 N–H and O–H groups in total. The molecule has 0 saturated carbocycles. The lowest BCUT2D eigenvalue weighted by molar-refractivity contribution is 0.198. The van der Waals surface area contributed by atoms with Crippen molar-refractivity contribution in [2.45, 2.75) is 20.4 Å². The van der Waals surface area contributed by atoms with Crippen LogP contribution < -0.4 is 0 Å². The van der Waals surface area contributed by atoms with E-state index in [0.717, 1.165) is 5.56 Å². The first-order valence-electron chi connectivity index (χ1n) is 6.65. The highest BCUT2D eigenvalue weighted by Crippen LogP contribution is 2.48. The largest absolute Gasteiger partial charge is 0.344 e. The fourth-order valence-electron chi connectivity index (χ4n) is 1.85. The van der Waals surface area contributed by atoms with Crippen LogP contribution in [0.25, 0.3) is 0 Å². The third kappa shape index (κ3) is 5.85. The SMILES string of the molecule is CCOP(=O)(CN(CC#N)Cc1ccccc1)OCC. The lowest BCUT2D eigenvalue weighted by atomic mass is 10.2. The normalized spacial score (nSPS) is 11.5. The summed E-state index contributed by atoms with van der Waals surface area (Å²) in [5, 5.41) is 8.91. The van der Waals surface area contributed by atoms with Gasteiger partial charge in [-0.25, -0.2) is 0 Å². The lowest BCUT2D eigenvalue weighted by Crippen LogP contribution is -2.26. The standard InChI is InChI=1S/C14H21N2O3P/c1-3-18-20(17,19-4-2)13-16(11-10-15)12-14-8-6-5-7-9-14/h5-9H,3-4,11-13H2,1-2H3. The molecule has 0 saturated heterocycles. The third-order valence-electron chi connectivity index (χ3n) is 2.57. The van der Waals surface area contributed by atoms with Gasteiger partial charge in [-0.1, -0.05) is 30.3 Å². The molecular weight excluding hydrogens is 275 g/mol. The van der Waals surface area contributed by atoms with E-state index in [1.165, 1.54) is 0 Å². The van der Waals surface area contributed by atoms with Crippen LogP contribution in [0, 0.1) is 11.3 Å². The Bertz CT molecular complexity index is 463. The highest BCUT2D eigenvalue weighted by atomic mass is 31.2. The summed E-state index contributed by atoms with van der Waals surface area (Å²) >= 11 is 0. The van der Waals surface area contributed by atoms with Crippen molar-refractivity contribution in [3.63, 3.8) is 0 Å². The molecule has 1 aromatic carbocycles. The fraction of sp³-hybridized carbons (Fsp3) is 0.500. The van der Waals surface area contributed by atoms with Crippen LogP contribution in [-0.2, 0) is 20.2 Å². The second-order valence-electron chi connectivity index (χ2n) is 4.22. The van der Waals surface area contributed by atoms with Gasteiger partial charge in [0, 0.05) is 6.54 Å². The number of nitrogens with zero attached hydrogens (tertiary/aromatic N) is 2. The number of rotatable bonds is 9. The Morgan fingerprint density at radius 2 is 1.80 bits per heavy atom. The highest BCUT2D eigenvalue weighted by molar-refractivity contribution is 7.53. The third-order valence-corrected chi connectivity index (χ3v) is 4.62. The maximum Gasteiger partial charge on any atom is 0.344 e. The Kier molecular flexibility index (Phi) is 7.50. The van der Waals surface area contributed by atoms with Gasteiger partial charge >= 0.3 is 7.60 Å². The summed E-state index contributed by atoms with van der Waals surface area (Å²) in [7, 11) is -3.17. The van der Waals surface area contributed by atoms with E-state index in [4.69, 9.17) is 14.3 Å². The molecule has 0 fully saturated rings. The number of hydrogen-bond acceptors (Lipinski definition) is 5. The van der Waals surface area contributed by atoms with Crippen molar-refractivity contribution in [3.05, 3.63) is 35.9 Å². The Hall–Kier alpha value is -1.18. The van der Waals surface area contributed by atoms with Crippen molar-refractivity contribution in [2.24, 2.45) is 0 Å². The summed E-state index contributed by atoms with van der Waals surface area (Å²) in [6.07, 6.45) is 0.122. The Balaban J connectivity index is 2.75. The number of nitriles is 1. The van der Waals surface area contributed by atoms with Crippen molar-refractivity contribution in [2.75, 3.05) is 26.0 Å². The minimum Gasteiger partial charge on any atom is -0.308 e. The molecule has 0 heterocycles. The van der Waals surface area contributed by atoms with E-state index in [9.17, 15) is 4.57 Å². The van der Waals surface area contributed by atoms with Crippen molar-refractivity contribution >= 4 is 7.60 Å². The van der Waals surface area contributed by atoms with Gasteiger partial charge in [0.1, 0.15) is 6.29 Å². The van der Waals surface area contributed by atoms with Crippen molar-refractivity contribution in [3.8, 4) is 6.07 Å². The van der Waals surface area contributed by atoms with Gasteiger partial charge in [-0.05, 0) is 19.4 Å². The monoisotopic (exact) mass is 296 g/mol. The zero-order chi connectivity index (χ0) is 14.8. The van der Waals surface area contributed by atoms with E-state index in [2.05, 4.69) is 6.07 Å². The summed E-state index contributed by atoms with van der Waals surface area (Å²) in [5.41, 5.74) is 1.06. The van der Waals surface area contributed by atoms with E-state index >= 15 is 0 Å². The predicted octanol–water partition coefficient (Wildman–Crippen LogP) is 3.24. The predicted molar refractivity (Wildman–Crippen MR) is 78.2 cm³/mol. The molecule has 0 unspecified atom stereocenters. The molecule has 110 valence electrons. The molecular formula is C14H21N2O3P. The topological polar surface area (TPSA) is 62.6 Å². The van der Waals surface area contributed by atoms with Gasteiger partial charge in [0.2, 0.25) is 0 Å². The van der Waals surface area contributed by atoms with E-state index in [-0.39, 0.29) is 12.8 Å². The van der Waals surface area contributed by atoms with Crippen LogP contribution in [0.1, 0.15) is 19.4 Å². The van der Waals surface area contributed by atoms with Gasteiger partial charge in [-0.15, -0.1) is 0 Å². The molecule has 0 amide bonds. The quantitative estimate of drug-likeness (QED) is 0.517. The van der Waals surface area contributed by atoms with E-state index < -0.39 is 7.60 Å². The van der Waals surface area contributed by atoms with Crippen LogP contribution >= 0.6 is 7.60 Å². The molecule has 0 aliphatic carbocycles. The zero-order valence-corrected chi connectivity index (χ0v) is 12.9. The van der Waals surface area contributed by atoms with Crippen molar-refractivity contribution in [1.82, 2.24) is 4.90 Å². The number of benzene rings is 1. The van der Waals surface area contributed by atoms with Gasteiger partial charge in [-0.3, -0.25) is 9.46 Å². The summed E-state index contributed by atoms with van der Waals surface area (Å²) in [5.74, 6) is 0. The van der Waals surface area contributed by atoms with Crippen LogP contribution in [-0.4, -0.2) is 30.9 Å². The molecule has 1 rings (SSSR count). The van der Waals surface area contributed by atoms with Crippen molar-refractivity contribution in [1.29, 1.82) is 5.26 Å². The Morgan fingerprint density at radius 3 is 2.30 bits per heavy atom. The Labute approximate surface area is 120 Å². The molecule has 20 heavy (non-hydrogen) atoms. The smallest absolute Gasteiger partial charge is 0.308 e. The summed E-state index contributed by atoms with van der Waals surface area (Å²) in [6, 6.07) is 11.8. The van der Waals surface area contributed by atoms with Gasteiger partial charge < -0.3 is 9.05 Å². The minimum absolute atomic E-state index is 0.122. The maximum atomic E-state index is 12.5. The van der Waals surface area contributed by atoms with Gasteiger partial charge in [-0.2, -0.15) is 5.26 Å². The Morgan fingerprint density at radius 1 is 1.20 bits per heavy atom. The van der Waals surface area contributed by atoms with Crippen LogP contribution in [0.2, 0.25) is 0 Å². The van der Waals surface area contributed by atoms with Crippen LogP contribution in [0.4, 0.5) is 0 Å². The molecule has 6 heteroatoms. The van der Waals surface area contributed by atoms with Crippen LogP contribution in [0.5, 0.6) is 0 Å². The van der Waals surface area contributed by atoms with Crippen LogP contribution in [0.3, 0.4) is 0 Å². The van der Waals surface area contributed by atoms with Gasteiger partial charge in [0.05, 0.1) is 25.8 Å². The van der Waals surface area contributed by atoms with E-state index in [0.29, 0.717) is 19.8 Å². The lowest BCUT2D eigenvalue weighted by Gasteiger charge is -2.24. The molecule has 0 aliphatic rings. The van der Waals surface area contributed by atoms with Crippen molar-refractivity contribution < 1.29 is 13.6 Å². The van der Waals surface area contributed by atoms with Crippen LogP contribution in [0.15, 0.2) is 30.3 Å². The fourth-order valence-corrected chi connectivity index (χ4v) is 3.57. The molecule has 0 aromatic heterocycles. The average Bonchev–Trinajstić information content (AvgIpc) is 2.40. The first-order valence-corrected chi connectivity index (χ1v) is 8.37. The summed E-state index contributed by atoms with van der Waals surface area (Å²) < 4.78 is 23.0. The second-order valence-corrected chi connectivity index (χ2v) is 6.24. The molecule has 0 spiro atoms. The molecule has 1 aromatic rings.